The summed E-state index contributed by atoms with van der Waals surface area (Å²) in [5.74, 6) is 1.67. The SMILES string of the molecule is CCNC(=NCc1ccccc1OCc1ccccc1)NC(C)Cc1c(C)nn(C)c1C.I. The van der Waals surface area contributed by atoms with Crippen LogP contribution in [0.25, 0.3) is 0 Å². The molecule has 1 atom stereocenters. The number of guanidine groups is 1. The van der Waals surface area contributed by atoms with Crippen LogP contribution in [0.4, 0.5) is 0 Å². The number of para-hydroxylation sites is 1. The Morgan fingerprint density at radius 3 is 2.45 bits per heavy atom. The number of halogens is 1. The van der Waals surface area contributed by atoms with Crippen LogP contribution in [0.15, 0.2) is 59.6 Å². The Kier molecular flexibility index (Phi) is 10.7. The first-order chi connectivity index (χ1) is 15.5. The highest BCUT2D eigenvalue weighted by molar-refractivity contribution is 14.0. The molecule has 6 nitrogen and oxygen atoms in total. The Morgan fingerprint density at radius 2 is 1.79 bits per heavy atom. The van der Waals surface area contributed by atoms with Crippen LogP contribution < -0.4 is 15.4 Å². The minimum atomic E-state index is 0. The molecule has 3 aromatic rings. The molecule has 0 aliphatic carbocycles. The average molecular weight is 562 g/mol. The number of aliphatic imine (C=N–C) groups is 1. The quantitative estimate of drug-likeness (QED) is 0.221. The molecule has 0 aliphatic rings. The summed E-state index contributed by atoms with van der Waals surface area (Å²) in [6.07, 6.45) is 0.896. The average Bonchev–Trinajstić information content (AvgIpc) is 3.03. The summed E-state index contributed by atoms with van der Waals surface area (Å²) in [5.41, 5.74) is 5.80. The number of ether oxygens (including phenoxy) is 1. The van der Waals surface area contributed by atoms with Crippen molar-refractivity contribution < 1.29 is 4.74 Å². The Bertz CT molecular complexity index is 1030. The summed E-state index contributed by atoms with van der Waals surface area (Å²) >= 11 is 0. The smallest absolute Gasteiger partial charge is 0.191 e. The normalized spacial score (nSPS) is 12.1. The maximum absolute atomic E-state index is 6.08. The van der Waals surface area contributed by atoms with E-state index in [1.807, 2.05) is 48.1 Å². The highest BCUT2D eigenvalue weighted by Crippen LogP contribution is 2.20. The molecule has 2 aromatic carbocycles. The number of nitrogens with one attached hydrogen (secondary N) is 2. The van der Waals surface area contributed by atoms with E-state index in [9.17, 15) is 0 Å². The van der Waals surface area contributed by atoms with E-state index in [2.05, 4.69) is 61.6 Å². The first kappa shape index (κ1) is 26.7. The summed E-state index contributed by atoms with van der Waals surface area (Å²) in [6, 6.07) is 18.5. The van der Waals surface area contributed by atoms with E-state index in [1.54, 1.807) is 0 Å². The minimum absolute atomic E-state index is 0. The van der Waals surface area contributed by atoms with E-state index < -0.39 is 0 Å². The molecule has 1 heterocycles. The molecule has 0 spiro atoms. The maximum Gasteiger partial charge on any atom is 0.191 e. The van der Waals surface area contributed by atoms with Gasteiger partial charge in [-0.25, -0.2) is 4.99 Å². The summed E-state index contributed by atoms with van der Waals surface area (Å²) in [4.78, 5) is 4.82. The lowest BCUT2D eigenvalue weighted by molar-refractivity contribution is 0.303. The molecule has 0 radical (unpaired) electrons. The first-order valence-electron chi connectivity index (χ1n) is 11.3. The number of nitrogens with zero attached hydrogens (tertiary/aromatic N) is 3. The van der Waals surface area contributed by atoms with Gasteiger partial charge in [-0.1, -0.05) is 48.5 Å². The van der Waals surface area contributed by atoms with E-state index in [0.29, 0.717) is 13.2 Å². The zero-order chi connectivity index (χ0) is 22.9. The Balaban J connectivity index is 0.00000385. The number of hydrogen-bond acceptors (Lipinski definition) is 3. The predicted octanol–water partition coefficient (Wildman–Crippen LogP) is 4.92. The van der Waals surface area contributed by atoms with Crippen molar-refractivity contribution in [3.63, 3.8) is 0 Å². The van der Waals surface area contributed by atoms with E-state index in [4.69, 9.17) is 9.73 Å². The maximum atomic E-state index is 6.08. The Hall–Kier alpha value is -2.55. The number of benzene rings is 2. The number of aromatic nitrogens is 2. The molecular weight excluding hydrogens is 525 g/mol. The largest absolute Gasteiger partial charge is 0.489 e. The molecular formula is C26H36IN5O. The number of rotatable bonds is 9. The van der Waals surface area contributed by atoms with E-state index >= 15 is 0 Å². The second-order valence-corrected chi connectivity index (χ2v) is 8.10. The zero-order valence-electron chi connectivity index (χ0n) is 20.3. The van der Waals surface area contributed by atoms with Crippen molar-refractivity contribution in [1.82, 2.24) is 20.4 Å². The van der Waals surface area contributed by atoms with Gasteiger partial charge in [0.15, 0.2) is 5.96 Å². The van der Waals surface area contributed by atoms with Crippen LogP contribution in [0.3, 0.4) is 0 Å². The summed E-state index contributed by atoms with van der Waals surface area (Å²) < 4.78 is 8.03. The van der Waals surface area contributed by atoms with Crippen molar-refractivity contribution in [3.05, 3.63) is 82.7 Å². The lowest BCUT2D eigenvalue weighted by Crippen LogP contribution is -2.43. The van der Waals surface area contributed by atoms with Crippen LogP contribution >= 0.6 is 24.0 Å². The van der Waals surface area contributed by atoms with Gasteiger partial charge in [0, 0.05) is 30.9 Å². The molecule has 7 heteroatoms. The monoisotopic (exact) mass is 561 g/mol. The van der Waals surface area contributed by atoms with Gasteiger partial charge in [-0.15, -0.1) is 24.0 Å². The lowest BCUT2D eigenvalue weighted by atomic mass is 10.1. The van der Waals surface area contributed by atoms with E-state index in [0.717, 1.165) is 41.5 Å². The fourth-order valence-electron chi connectivity index (χ4n) is 3.70. The van der Waals surface area contributed by atoms with Crippen molar-refractivity contribution in [1.29, 1.82) is 0 Å². The van der Waals surface area contributed by atoms with Gasteiger partial charge in [0.1, 0.15) is 12.4 Å². The third-order valence-electron chi connectivity index (χ3n) is 5.51. The standard InChI is InChI=1S/C26H35N5O.HI/c1-6-27-26(29-19(2)16-24-20(3)30-31(5)21(24)4)28-17-23-14-10-11-15-25(23)32-18-22-12-8-7-9-13-22;/h7-15,19H,6,16-18H2,1-5H3,(H2,27,28,29);1H. The van der Waals surface area contributed by atoms with Crippen LogP contribution in [-0.4, -0.2) is 28.3 Å². The molecule has 2 N–H and O–H groups in total. The number of hydrogen-bond donors (Lipinski definition) is 2. The zero-order valence-corrected chi connectivity index (χ0v) is 22.6. The van der Waals surface area contributed by atoms with Crippen molar-refractivity contribution in [2.24, 2.45) is 12.0 Å². The van der Waals surface area contributed by atoms with Gasteiger partial charge in [-0.2, -0.15) is 5.10 Å². The highest BCUT2D eigenvalue weighted by Gasteiger charge is 2.14. The lowest BCUT2D eigenvalue weighted by Gasteiger charge is -2.18. The number of aryl methyl sites for hydroxylation is 2. The molecule has 0 saturated heterocycles. The summed E-state index contributed by atoms with van der Waals surface area (Å²) in [5, 5.41) is 11.4. The van der Waals surface area contributed by atoms with Gasteiger partial charge in [-0.3, -0.25) is 4.68 Å². The molecule has 0 fully saturated rings. The molecule has 0 bridgehead atoms. The molecule has 1 aromatic heterocycles. The molecule has 0 saturated carbocycles. The third-order valence-corrected chi connectivity index (χ3v) is 5.51. The Labute approximate surface area is 214 Å². The van der Waals surface area contributed by atoms with Gasteiger partial charge in [0.25, 0.3) is 0 Å². The van der Waals surface area contributed by atoms with Crippen LogP contribution in [0.2, 0.25) is 0 Å². The second kappa shape index (κ2) is 13.2. The van der Waals surface area contributed by atoms with Crippen molar-refractivity contribution >= 4 is 29.9 Å². The van der Waals surface area contributed by atoms with Gasteiger partial charge < -0.3 is 15.4 Å². The van der Waals surface area contributed by atoms with Gasteiger partial charge in [-0.05, 0) is 51.3 Å². The topological polar surface area (TPSA) is 63.5 Å². The molecule has 3 rings (SSSR count). The first-order valence-corrected chi connectivity index (χ1v) is 11.3. The fraction of sp³-hybridized carbons (Fsp3) is 0.385. The molecule has 1 unspecified atom stereocenters. The van der Waals surface area contributed by atoms with Crippen LogP contribution in [-0.2, 0) is 26.6 Å². The minimum Gasteiger partial charge on any atom is -0.489 e. The van der Waals surface area contributed by atoms with Crippen LogP contribution in [0, 0.1) is 13.8 Å². The van der Waals surface area contributed by atoms with E-state index in [-0.39, 0.29) is 30.0 Å². The highest BCUT2D eigenvalue weighted by atomic mass is 127. The van der Waals surface area contributed by atoms with Crippen LogP contribution in [0.5, 0.6) is 5.75 Å². The fourth-order valence-corrected chi connectivity index (χ4v) is 3.70. The molecule has 0 aliphatic heterocycles. The van der Waals surface area contributed by atoms with Gasteiger partial charge >= 0.3 is 0 Å². The molecule has 33 heavy (non-hydrogen) atoms. The second-order valence-electron chi connectivity index (χ2n) is 8.10. The molecule has 178 valence electrons. The van der Waals surface area contributed by atoms with Crippen molar-refractivity contribution in [2.45, 2.75) is 53.3 Å². The predicted molar refractivity (Wildman–Crippen MR) is 146 cm³/mol. The summed E-state index contributed by atoms with van der Waals surface area (Å²) in [6.45, 7) is 10.3. The van der Waals surface area contributed by atoms with Gasteiger partial charge in [0.05, 0.1) is 12.2 Å². The van der Waals surface area contributed by atoms with Crippen molar-refractivity contribution in [3.8, 4) is 5.75 Å². The van der Waals surface area contributed by atoms with Crippen LogP contribution in [0.1, 0.15) is 41.9 Å². The molecule has 0 amide bonds. The van der Waals surface area contributed by atoms with Crippen molar-refractivity contribution in [2.75, 3.05) is 6.54 Å². The van der Waals surface area contributed by atoms with Gasteiger partial charge in [0.2, 0.25) is 0 Å². The third kappa shape index (κ3) is 7.77. The van der Waals surface area contributed by atoms with E-state index in [1.165, 1.54) is 11.3 Å². The Morgan fingerprint density at radius 1 is 1.09 bits per heavy atom. The summed E-state index contributed by atoms with van der Waals surface area (Å²) in [7, 11) is 1.99.